The highest BCUT2D eigenvalue weighted by atomic mass is 16.2. The number of imide groups is 1. The quantitative estimate of drug-likeness (QED) is 0.820. The molecule has 4 nitrogen and oxygen atoms in total. The first-order valence-corrected chi connectivity index (χ1v) is 6.06. The van der Waals surface area contributed by atoms with E-state index in [1.807, 2.05) is 44.2 Å². The number of hydrogen-bond donors (Lipinski definition) is 1. The van der Waals surface area contributed by atoms with Crippen LogP contribution in [0.25, 0.3) is 0 Å². The van der Waals surface area contributed by atoms with Crippen molar-refractivity contribution in [2.45, 2.75) is 26.3 Å². The molecule has 0 saturated heterocycles. The highest BCUT2D eigenvalue weighted by Gasteiger charge is 2.29. The van der Waals surface area contributed by atoms with Crippen LogP contribution in [-0.2, 0) is 9.59 Å². The molecule has 0 spiro atoms. The molecule has 4 heteroatoms. The first kappa shape index (κ1) is 12.5. The van der Waals surface area contributed by atoms with Gasteiger partial charge in [0.05, 0.1) is 0 Å². The van der Waals surface area contributed by atoms with Gasteiger partial charge in [-0.15, -0.1) is 0 Å². The highest BCUT2D eigenvalue weighted by molar-refractivity contribution is 6.48. The molecule has 0 radical (unpaired) electrons. The Balaban J connectivity index is 2.33. The molecule has 1 atom stereocenters. The van der Waals surface area contributed by atoms with E-state index in [2.05, 4.69) is 10.3 Å². The number of benzene rings is 1. The summed E-state index contributed by atoms with van der Waals surface area (Å²) in [6, 6.07) is 8.75. The lowest BCUT2D eigenvalue weighted by Crippen LogP contribution is -2.47. The maximum atomic E-state index is 11.8. The maximum Gasteiger partial charge on any atom is 0.276 e. The van der Waals surface area contributed by atoms with Crippen molar-refractivity contribution in [3.63, 3.8) is 0 Å². The van der Waals surface area contributed by atoms with Gasteiger partial charge in [-0.3, -0.25) is 19.9 Å². The Labute approximate surface area is 106 Å². The number of carbonyl (C=O) groups excluding carboxylic acids is 2. The van der Waals surface area contributed by atoms with Gasteiger partial charge in [0.15, 0.2) is 0 Å². The molecule has 1 aromatic carbocycles. The Kier molecular flexibility index (Phi) is 3.55. The van der Waals surface area contributed by atoms with Crippen LogP contribution in [0.15, 0.2) is 35.3 Å². The Bertz CT molecular complexity index is 492. The SMILES string of the molecule is CC(C)CC1N=C(c2ccccc2)C(=O)NC1=O. The summed E-state index contributed by atoms with van der Waals surface area (Å²) in [5, 5.41) is 2.37. The average Bonchev–Trinajstić information content (AvgIpc) is 2.33. The average molecular weight is 244 g/mol. The van der Waals surface area contributed by atoms with Gasteiger partial charge in [0, 0.05) is 5.56 Å². The van der Waals surface area contributed by atoms with E-state index >= 15 is 0 Å². The van der Waals surface area contributed by atoms with Crippen LogP contribution in [-0.4, -0.2) is 23.6 Å². The summed E-state index contributed by atoms with van der Waals surface area (Å²) in [5.74, 6) is -0.352. The Morgan fingerprint density at radius 2 is 1.89 bits per heavy atom. The normalized spacial score (nSPS) is 19.7. The standard InChI is InChI=1S/C14H16N2O2/c1-9(2)8-11-13(17)16-14(18)12(15-11)10-6-4-3-5-7-10/h3-7,9,11H,8H2,1-2H3,(H,16,17,18). The minimum Gasteiger partial charge on any atom is -0.289 e. The third-order valence-electron chi connectivity index (χ3n) is 2.78. The van der Waals surface area contributed by atoms with Crippen molar-refractivity contribution in [3.8, 4) is 0 Å². The zero-order valence-corrected chi connectivity index (χ0v) is 10.5. The number of aliphatic imine (C=N–C) groups is 1. The van der Waals surface area contributed by atoms with Crippen molar-refractivity contribution >= 4 is 17.5 Å². The van der Waals surface area contributed by atoms with E-state index in [-0.39, 0.29) is 5.91 Å². The molecule has 1 aliphatic rings. The van der Waals surface area contributed by atoms with Crippen LogP contribution < -0.4 is 5.32 Å². The topological polar surface area (TPSA) is 58.5 Å². The summed E-state index contributed by atoms with van der Waals surface area (Å²) in [7, 11) is 0. The van der Waals surface area contributed by atoms with Crippen molar-refractivity contribution in [2.24, 2.45) is 10.9 Å². The molecule has 0 aliphatic carbocycles. The zero-order chi connectivity index (χ0) is 13.1. The second-order valence-electron chi connectivity index (χ2n) is 4.81. The number of nitrogens with zero attached hydrogens (tertiary/aromatic N) is 1. The van der Waals surface area contributed by atoms with Crippen LogP contribution in [0.1, 0.15) is 25.8 Å². The third-order valence-corrected chi connectivity index (χ3v) is 2.78. The minimum atomic E-state index is -0.460. The second kappa shape index (κ2) is 5.12. The molecule has 0 fully saturated rings. The van der Waals surface area contributed by atoms with Gasteiger partial charge in [-0.2, -0.15) is 0 Å². The van der Waals surface area contributed by atoms with Crippen LogP contribution >= 0.6 is 0 Å². The summed E-state index contributed by atoms with van der Waals surface area (Å²) in [5.41, 5.74) is 1.09. The van der Waals surface area contributed by atoms with Crippen LogP contribution in [0, 0.1) is 5.92 Å². The largest absolute Gasteiger partial charge is 0.289 e. The van der Waals surface area contributed by atoms with Gasteiger partial charge in [-0.05, 0) is 12.3 Å². The van der Waals surface area contributed by atoms with Crippen LogP contribution in [0.2, 0.25) is 0 Å². The highest BCUT2D eigenvalue weighted by Crippen LogP contribution is 2.14. The number of nitrogens with one attached hydrogen (secondary N) is 1. The van der Waals surface area contributed by atoms with E-state index in [1.54, 1.807) is 0 Å². The van der Waals surface area contributed by atoms with E-state index in [4.69, 9.17) is 0 Å². The van der Waals surface area contributed by atoms with E-state index in [1.165, 1.54) is 0 Å². The van der Waals surface area contributed by atoms with E-state index in [9.17, 15) is 9.59 Å². The monoisotopic (exact) mass is 244 g/mol. The summed E-state index contributed by atoms with van der Waals surface area (Å²) in [6.07, 6.45) is 0.648. The number of carbonyl (C=O) groups is 2. The number of amides is 2. The van der Waals surface area contributed by atoms with Crippen molar-refractivity contribution in [1.29, 1.82) is 0 Å². The van der Waals surface area contributed by atoms with Crippen molar-refractivity contribution in [1.82, 2.24) is 5.32 Å². The summed E-state index contributed by atoms with van der Waals surface area (Å²) < 4.78 is 0. The van der Waals surface area contributed by atoms with E-state index in [0.717, 1.165) is 5.56 Å². The molecule has 1 unspecified atom stereocenters. The molecule has 0 bridgehead atoms. The Morgan fingerprint density at radius 3 is 2.50 bits per heavy atom. The predicted octanol–water partition coefficient (Wildman–Crippen LogP) is 1.55. The molecule has 0 saturated carbocycles. The van der Waals surface area contributed by atoms with Gasteiger partial charge in [-0.1, -0.05) is 44.2 Å². The Morgan fingerprint density at radius 1 is 1.22 bits per heavy atom. The number of rotatable bonds is 3. The molecule has 1 N–H and O–H groups in total. The van der Waals surface area contributed by atoms with Gasteiger partial charge in [-0.25, -0.2) is 0 Å². The van der Waals surface area contributed by atoms with Gasteiger partial charge < -0.3 is 0 Å². The molecule has 2 amide bonds. The fourth-order valence-corrected chi connectivity index (χ4v) is 1.94. The molecule has 1 aromatic rings. The van der Waals surface area contributed by atoms with Crippen LogP contribution in [0.4, 0.5) is 0 Å². The van der Waals surface area contributed by atoms with Gasteiger partial charge in [0.1, 0.15) is 11.8 Å². The van der Waals surface area contributed by atoms with Crippen LogP contribution in [0.5, 0.6) is 0 Å². The van der Waals surface area contributed by atoms with E-state index < -0.39 is 11.9 Å². The summed E-state index contributed by atoms with van der Waals surface area (Å²) >= 11 is 0. The van der Waals surface area contributed by atoms with Crippen molar-refractivity contribution < 1.29 is 9.59 Å². The zero-order valence-electron chi connectivity index (χ0n) is 10.5. The predicted molar refractivity (Wildman–Crippen MR) is 69.4 cm³/mol. The van der Waals surface area contributed by atoms with Crippen molar-refractivity contribution in [2.75, 3.05) is 0 Å². The van der Waals surface area contributed by atoms with Crippen LogP contribution in [0.3, 0.4) is 0 Å². The molecule has 2 rings (SSSR count). The third kappa shape index (κ3) is 2.64. The summed E-state index contributed by atoms with van der Waals surface area (Å²) in [6.45, 7) is 4.06. The molecule has 18 heavy (non-hydrogen) atoms. The molecule has 0 aromatic heterocycles. The fraction of sp³-hybridized carbons (Fsp3) is 0.357. The van der Waals surface area contributed by atoms with Crippen molar-refractivity contribution in [3.05, 3.63) is 35.9 Å². The smallest absolute Gasteiger partial charge is 0.276 e. The lowest BCUT2D eigenvalue weighted by atomic mass is 10.0. The molecular weight excluding hydrogens is 228 g/mol. The summed E-state index contributed by atoms with van der Waals surface area (Å²) in [4.78, 5) is 27.8. The minimum absolute atomic E-state index is 0.298. The maximum absolute atomic E-state index is 11.8. The first-order valence-electron chi connectivity index (χ1n) is 6.06. The van der Waals surface area contributed by atoms with Gasteiger partial charge in [0.25, 0.3) is 11.8 Å². The molecule has 94 valence electrons. The Hall–Kier alpha value is -1.97. The lowest BCUT2D eigenvalue weighted by Gasteiger charge is -2.21. The fourth-order valence-electron chi connectivity index (χ4n) is 1.94. The lowest BCUT2D eigenvalue weighted by molar-refractivity contribution is -0.129. The van der Waals surface area contributed by atoms with Gasteiger partial charge >= 0.3 is 0 Å². The van der Waals surface area contributed by atoms with E-state index in [0.29, 0.717) is 18.1 Å². The molecule has 1 heterocycles. The number of hydrogen-bond acceptors (Lipinski definition) is 3. The molecule has 1 aliphatic heterocycles. The second-order valence-corrected chi connectivity index (χ2v) is 4.81. The first-order chi connectivity index (χ1) is 8.58. The van der Waals surface area contributed by atoms with Gasteiger partial charge in [0.2, 0.25) is 0 Å². The molecular formula is C14H16N2O2.